The largest absolute Gasteiger partial charge is 0.366 e. The molecule has 0 aromatic carbocycles. The lowest BCUT2D eigenvalue weighted by molar-refractivity contribution is 0.315. The van der Waals surface area contributed by atoms with Gasteiger partial charge in [0.05, 0.1) is 6.20 Å². The van der Waals surface area contributed by atoms with Gasteiger partial charge in [-0.3, -0.25) is 0 Å². The number of nitrogens with one attached hydrogen (secondary N) is 1. The third kappa shape index (κ3) is 3.90. The Hall–Kier alpha value is -0.940. The highest BCUT2D eigenvalue weighted by Gasteiger charge is 2.05. The van der Waals surface area contributed by atoms with E-state index in [0.717, 1.165) is 25.8 Å². The molecule has 0 aliphatic heterocycles. The number of aromatic nitrogens is 2. The Labute approximate surface area is 99.8 Å². The van der Waals surface area contributed by atoms with Crippen LogP contribution in [0.5, 0.6) is 0 Å². The van der Waals surface area contributed by atoms with Gasteiger partial charge in [0.2, 0.25) is 5.28 Å². The summed E-state index contributed by atoms with van der Waals surface area (Å²) in [4.78, 5) is 9.54. The number of likely N-dealkylation sites (N-methyl/N-ethyl adjacent to an activating group) is 1. The molecule has 16 heavy (non-hydrogen) atoms. The fourth-order valence-electron chi connectivity index (χ4n) is 1.34. The first kappa shape index (κ1) is 13.1. The number of nitrogens with zero attached hydrogens (tertiary/aromatic N) is 3. The zero-order chi connectivity index (χ0) is 12.0. The number of halogens is 2. The Morgan fingerprint density at radius 1 is 1.44 bits per heavy atom. The van der Waals surface area contributed by atoms with Crippen molar-refractivity contribution in [1.29, 1.82) is 0 Å². The van der Waals surface area contributed by atoms with Crippen LogP contribution in [0.2, 0.25) is 5.28 Å². The summed E-state index contributed by atoms with van der Waals surface area (Å²) in [5.41, 5.74) is 0. The SMILES string of the molecule is CCN(CC)CCNc1nc(Cl)ncc1F. The Bertz CT molecular complexity index is 331. The van der Waals surface area contributed by atoms with Crippen molar-refractivity contribution in [2.45, 2.75) is 13.8 Å². The molecule has 0 fully saturated rings. The summed E-state index contributed by atoms with van der Waals surface area (Å²) in [6.45, 7) is 7.60. The normalized spacial score (nSPS) is 10.8. The van der Waals surface area contributed by atoms with Crippen molar-refractivity contribution in [3.05, 3.63) is 17.3 Å². The van der Waals surface area contributed by atoms with Gasteiger partial charge in [-0.1, -0.05) is 13.8 Å². The molecule has 1 rings (SSSR count). The zero-order valence-corrected chi connectivity index (χ0v) is 10.3. The number of anilines is 1. The van der Waals surface area contributed by atoms with E-state index in [9.17, 15) is 4.39 Å². The summed E-state index contributed by atoms with van der Waals surface area (Å²) in [5.74, 6) is -0.323. The van der Waals surface area contributed by atoms with E-state index in [1.807, 2.05) is 0 Å². The van der Waals surface area contributed by atoms with E-state index in [2.05, 4.69) is 34.0 Å². The van der Waals surface area contributed by atoms with Gasteiger partial charge in [0.25, 0.3) is 0 Å². The van der Waals surface area contributed by atoms with Crippen molar-refractivity contribution >= 4 is 17.4 Å². The molecule has 4 nitrogen and oxygen atoms in total. The van der Waals surface area contributed by atoms with Crippen LogP contribution in [0.25, 0.3) is 0 Å². The van der Waals surface area contributed by atoms with Crippen molar-refractivity contribution in [2.75, 3.05) is 31.5 Å². The lowest BCUT2D eigenvalue weighted by Crippen LogP contribution is -2.29. The molecule has 0 aliphatic carbocycles. The molecule has 6 heteroatoms. The maximum Gasteiger partial charge on any atom is 0.224 e. The van der Waals surface area contributed by atoms with E-state index in [-0.39, 0.29) is 11.1 Å². The summed E-state index contributed by atoms with van der Waals surface area (Å²) < 4.78 is 13.2. The molecule has 0 spiro atoms. The van der Waals surface area contributed by atoms with Crippen LogP contribution in [0.15, 0.2) is 6.20 Å². The first-order valence-electron chi connectivity index (χ1n) is 5.31. The minimum Gasteiger partial charge on any atom is -0.366 e. The second-order valence-electron chi connectivity index (χ2n) is 3.29. The van der Waals surface area contributed by atoms with Gasteiger partial charge in [0.15, 0.2) is 11.6 Å². The second kappa shape index (κ2) is 6.60. The molecule has 0 radical (unpaired) electrons. The van der Waals surface area contributed by atoms with Crippen LogP contribution in [-0.2, 0) is 0 Å². The first-order chi connectivity index (χ1) is 7.67. The zero-order valence-electron chi connectivity index (χ0n) is 9.50. The summed E-state index contributed by atoms with van der Waals surface area (Å²) in [6.07, 6.45) is 1.06. The van der Waals surface area contributed by atoms with Gasteiger partial charge in [-0.25, -0.2) is 9.37 Å². The maximum absolute atomic E-state index is 13.2. The average molecular weight is 247 g/mol. The van der Waals surface area contributed by atoms with Crippen LogP contribution in [0.1, 0.15) is 13.8 Å². The molecule has 0 unspecified atom stereocenters. The molecule has 0 aliphatic rings. The standard InChI is InChI=1S/C10H16ClFN4/c1-3-16(4-2)6-5-13-9-8(12)7-14-10(11)15-9/h7H,3-6H2,1-2H3,(H,13,14,15). The predicted molar refractivity (Wildman–Crippen MR) is 63.3 cm³/mol. The molecule has 1 aromatic rings. The highest BCUT2D eigenvalue weighted by molar-refractivity contribution is 6.28. The van der Waals surface area contributed by atoms with Gasteiger partial charge in [0.1, 0.15) is 0 Å². The van der Waals surface area contributed by atoms with Gasteiger partial charge in [0, 0.05) is 13.1 Å². The van der Waals surface area contributed by atoms with Gasteiger partial charge in [-0.15, -0.1) is 0 Å². The minimum atomic E-state index is -0.482. The van der Waals surface area contributed by atoms with Crippen molar-refractivity contribution in [2.24, 2.45) is 0 Å². The fraction of sp³-hybridized carbons (Fsp3) is 0.600. The third-order valence-corrected chi connectivity index (χ3v) is 2.51. The molecular weight excluding hydrogens is 231 g/mol. The highest BCUT2D eigenvalue weighted by Crippen LogP contribution is 2.11. The number of rotatable bonds is 6. The van der Waals surface area contributed by atoms with Gasteiger partial charge in [-0.05, 0) is 24.7 Å². The Balaban J connectivity index is 2.45. The Morgan fingerprint density at radius 2 is 2.12 bits per heavy atom. The fourth-order valence-corrected chi connectivity index (χ4v) is 1.48. The van der Waals surface area contributed by atoms with Crippen LogP contribution in [0, 0.1) is 5.82 Å². The van der Waals surface area contributed by atoms with Gasteiger partial charge >= 0.3 is 0 Å². The van der Waals surface area contributed by atoms with E-state index >= 15 is 0 Å². The topological polar surface area (TPSA) is 41.0 Å². The molecule has 0 amide bonds. The van der Waals surface area contributed by atoms with Crippen molar-refractivity contribution in [3.63, 3.8) is 0 Å². The summed E-state index contributed by atoms with van der Waals surface area (Å²) in [5, 5.41) is 2.95. The molecular formula is C10H16ClFN4. The first-order valence-corrected chi connectivity index (χ1v) is 5.69. The molecule has 1 aromatic heterocycles. The van der Waals surface area contributed by atoms with Gasteiger partial charge in [-0.2, -0.15) is 4.98 Å². The Morgan fingerprint density at radius 3 is 2.75 bits per heavy atom. The van der Waals surface area contributed by atoms with Crippen LogP contribution in [-0.4, -0.2) is 41.0 Å². The molecule has 90 valence electrons. The van der Waals surface area contributed by atoms with E-state index in [1.54, 1.807) is 0 Å². The predicted octanol–water partition coefficient (Wildman–Crippen LogP) is 2.02. The summed E-state index contributed by atoms with van der Waals surface area (Å²) >= 11 is 5.57. The maximum atomic E-state index is 13.2. The Kier molecular flexibility index (Phi) is 5.42. The van der Waals surface area contributed by atoms with Crippen molar-refractivity contribution in [1.82, 2.24) is 14.9 Å². The van der Waals surface area contributed by atoms with E-state index < -0.39 is 5.82 Å². The molecule has 0 bridgehead atoms. The smallest absolute Gasteiger partial charge is 0.224 e. The monoisotopic (exact) mass is 246 g/mol. The van der Waals surface area contributed by atoms with E-state index in [0.29, 0.717) is 6.54 Å². The quantitative estimate of drug-likeness (QED) is 0.780. The molecule has 0 atom stereocenters. The van der Waals surface area contributed by atoms with Crippen molar-refractivity contribution < 1.29 is 4.39 Å². The summed E-state index contributed by atoms with van der Waals surface area (Å²) in [7, 11) is 0. The lowest BCUT2D eigenvalue weighted by atomic mass is 10.4. The molecule has 1 N–H and O–H groups in total. The summed E-state index contributed by atoms with van der Waals surface area (Å²) in [6, 6.07) is 0. The van der Waals surface area contributed by atoms with Crippen LogP contribution in [0.3, 0.4) is 0 Å². The average Bonchev–Trinajstić information content (AvgIpc) is 2.29. The van der Waals surface area contributed by atoms with Gasteiger partial charge < -0.3 is 10.2 Å². The van der Waals surface area contributed by atoms with Crippen LogP contribution >= 0.6 is 11.6 Å². The number of hydrogen-bond acceptors (Lipinski definition) is 4. The molecule has 1 heterocycles. The number of hydrogen-bond donors (Lipinski definition) is 1. The van der Waals surface area contributed by atoms with E-state index in [1.165, 1.54) is 0 Å². The lowest BCUT2D eigenvalue weighted by Gasteiger charge is -2.18. The minimum absolute atomic E-state index is 0.0479. The third-order valence-electron chi connectivity index (χ3n) is 2.33. The van der Waals surface area contributed by atoms with Crippen molar-refractivity contribution in [3.8, 4) is 0 Å². The molecule has 0 saturated heterocycles. The highest BCUT2D eigenvalue weighted by atomic mass is 35.5. The van der Waals surface area contributed by atoms with Crippen LogP contribution < -0.4 is 5.32 Å². The second-order valence-corrected chi connectivity index (χ2v) is 3.63. The van der Waals surface area contributed by atoms with Crippen LogP contribution in [0.4, 0.5) is 10.2 Å². The molecule has 0 saturated carbocycles. The van der Waals surface area contributed by atoms with E-state index in [4.69, 9.17) is 11.6 Å².